The van der Waals surface area contributed by atoms with Gasteiger partial charge in [-0.25, -0.2) is 13.6 Å². The van der Waals surface area contributed by atoms with Crippen molar-refractivity contribution in [3.63, 3.8) is 0 Å². The van der Waals surface area contributed by atoms with Gasteiger partial charge >= 0.3 is 11.9 Å². The summed E-state index contributed by atoms with van der Waals surface area (Å²) < 4.78 is 26.7. The molecule has 0 aromatic heterocycles. The van der Waals surface area contributed by atoms with Crippen molar-refractivity contribution < 1.29 is 33.4 Å². The lowest BCUT2D eigenvalue weighted by Gasteiger charge is -2.14. The van der Waals surface area contributed by atoms with Gasteiger partial charge in [-0.1, -0.05) is 11.6 Å². The minimum atomic E-state index is -1.54. The van der Waals surface area contributed by atoms with E-state index in [0.29, 0.717) is 12.1 Å². The predicted octanol–water partition coefficient (Wildman–Crippen LogP) is 1.67. The Labute approximate surface area is 122 Å². The summed E-state index contributed by atoms with van der Waals surface area (Å²) in [6, 6.07) is -0.422. The standard InChI is InChI=1S/C12H10ClF2NO5/c13-6-4-7(14)5(3-8(6)15)11(19)16-9(12(20)21)1-2-10(17)18/h3-4,9H,1-2H2,(H,16,19)(H,17,18)(H,20,21)/t9-/m0/s1. The van der Waals surface area contributed by atoms with Gasteiger partial charge in [-0.15, -0.1) is 0 Å². The molecule has 1 aromatic rings. The van der Waals surface area contributed by atoms with E-state index in [1.165, 1.54) is 0 Å². The molecule has 0 bridgehead atoms. The molecule has 0 saturated carbocycles. The van der Waals surface area contributed by atoms with E-state index in [1.54, 1.807) is 0 Å². The number of halogens is 3. The van der Waals surface area contributed by atoms with E-state index in [2.05, 4.69) is 0 Å². The van der Waals surface area contributed by atoms with Gasteiger partial charge < -0.3 is 15.5 Å². The van der Waals surface area contributed by atoms with E-state index < -0.39 is 58.9 Å². The maximum atomic E-state index is 13.5. The van der Waals surface area contributed by atoms with Gasteiger partial charge in [-0.2, -0.15) is 0 Å². The van der Waals surface area contributed by atoms with Gasteiger partial charge in [0.2, 0.25) is 0 Å². The summed E-state index contributed by atoms with van der Waals surface area (Å²) in [6.07, 6.45) is -0.900. The summed E-state index contributed by atoms with van der Waals surface area (Å²) in [5.74, 6) is -6.08. The summed E-state index contributed by atoms with van der Waals surface area (Å²) in [6.45, 7) is 0. The van der Waals surface area contributed by atoms with Crippen LogP contribution >= 0.6 is 11.6 Å². The van der Waals surface area contributed by atoms with Crippen LogP contribution < -0.4 is 5.32 Å². The van der Waals surface area contributed by atoms with Crippen molar-refractivity contribution in [2.45, 2.75) is 18.9 Å². The van der Waals surface area contributed by atoms with E-state index >= 15 is 0 Å². The van der Waals surface area contributed by atoms with Crippen LogP contribution in [-0.4, -0.2) is 34.1 Å². The molecule has 0 spiro atoms. The second-order valence-electron chi connectivity index (χ2n) is 4.04. The number of aliphatic carboxylic acids is 2. The van der Waals surface area contributed by atoms with Crippen molar-refractivity contribution >= 4 is 29.4 Å². The van der Waals surface area contributed by atoms with E-state index in [9.17, 15) is 23.2 Å². The molecule has 6 nitrogen and oxygen atoms in total. The van der Waals surface area contributed by atoms with E-state index in [4.69, 9.17) is 21.8 Å². The SMILES string of the molecule is O=C(O)CC[C@H](NC(=O)c1cc(F)c(Cl)cc1F)C(=O)O. The van der Waals surface area contributed by atoms with Gasteiger partial charge in [0.25, 0.3) is 5.91 Å². The molecule has 0 aliphatic rings. The fraction of sp³-hybridized carbons (Fsp3) is 0.250. The average molecular weight is 322 g/mol. The zero-order chi connectivity index (χ0) is 16.2. The zero-order valence-electron chi connectivity index (χ0n) is 10.4. The highest BCUT2D eigenvalue weighted by molar-refractivity contribution is 6.30. The molecule has 21 heavy (non-hydrogen) atoms. The molecule has 0 aliphatic carbocycles. The van der Waals surface area contributed by atoms with E-state index in [-0.39, 0.29) is 0 Å². The maximum absolute atomic E-state index is 13.5. The van der Waals surface area contributed by atoms with Crippen LogP contribution in [0.25, 0.3) is 0 Å². The third-order valence-corrected chi connectivity index (χ3v) is 2.79. The Hall–Kier alpha value is -2.22. The molecule has 1 rings (SSSR count). The predicted molar refractivity (Wildman–Crippen MR) is 67.1 cm³/mol. The van der Waals surface area contributed by atoms with Gasteiger partial charge in [0.05, 0.1) is 10.6 Å². The second-order valence-corrected chi connectivity index (χ2v) is 4.45. The Balaban J connectivity index is 2.89. The molecular formula is C12H10ClF2NO5. The Morgan fingerprint density at radius 3 is 2.33 bits per heavy atom. The minimum absolute atomic E-state index is 0.395. The Morgan fingerprint density at radius 1 is 1.19 bits per heavy atom. The Kier molecular flexibility index (Phi) is 5.60. The van der Waals surface area contributed by atoms with Crippen molar-refractivity contribution in [1.29, 1.82) is 0 Å². The molecule has 9 heteroatoms. The molecule has 0 fully saturated rings. The van der Waals surface area contributed by atoms with Gasteiger partial charge in [-0.05, 0) is 18.6 Å². The van der Waals surface area contributed by atoms with E-state index in [1.807, 2.05) is 5.32 Å². The highest BCUT2D eigenvalue weighted by atomic mass is 35.5. The molecule has 1 aromatic carbocycles. The monoisotopic (exact) mass is 321 g/mol. The molecule has 1 atom stereocenters. The van der Waals surface area contributed by atoms with E-state index in [0.717, 1.165) is 0 Å². The maximum Gasteiger partial charge on any atom is 0.326 e. The zero-order valence-corrected chi connectivity index (χ0v) is 11.2. The van der Waals surface area contributed by atoms with Gasteiger partial charge in [0, 0.05) is 6.42 Å². The summed E-state index contributed by atoms with van der Waals surface area (Å²) in [4.78, 5) is 33.0. The fourth-order valence-electron chi connectivity index (χ4n) is 1.46. The quantitative estimate of drug-likeness (QED) is 0.691. The van der Waals surface area contributed by atoms with Crippen molar-refractivity contribution in [3.05, 3.63) is 34.4 Å². The molecular weight excluding hydrogens is 312 g/mol. The topological polar surface area (TPSA) is 104 Å². The van der Waals surface area contributed by atoms with Crippen molar-refractivity contribution in [2.75, 3.05) is 0 Å². The summed E-state index contributed by atoms with van der Waals surface area (Å²) >= 11 is 5.33. The van der Waals surface area contributed by atoms with Crippen LogP contribution in [-0.2, 0) is 9.59 Å². The van der Waals surface area contributed by atoms with Crippen LogP contribution in [0.4, 0.5) is 8.78 Å². The molecule has 1 amide bonds. The first kappa shape index (κ1) is 16.8. The number of rotatable bonds is 6. The summed E-state index contributed by atoms with van der Waals surface area (Å²) in [5.41, 5.74) is -0.724. The highest BCUT2D eigenvalue weighted by Gasteiger charge is 2.24. The molecule has 0 aliphatic heterocycles. The van der Waals surface area contributed by atoms with Crippen LogP contribution in [0, 0.1) is 11.6 Å². The van der Waals surface area contributed by atoms with Gasteiger partial charge in [-0.3, -0.25) is 9.59 Å². The molecule has 3 N–H and O–H groups in total. The fourth-order valence-corrected chi connectivity index (χ4v) is 1.61. The molecule has 0 radical (unpaired) electrons. The largest absolute Gasteiger partial charge is 0.481 e. The Morgan fingerprint density at radius 2 is 1.81 bits per heavy atom. The lowest BCUT2D eigenvalue weighted by atomic mass is 10.1. The molecule has 114 valence electrons. The number of hydrogen-bond acceptors (Lipinski definition) is 3. The number of benzene rings is 1. The van der Waals surface area contributed by atoms with Crippen LogP contribution in [0.2, 0.25) is 5.02 Å². The lowest BCUT2D eigenvalue weighted by molar-refractivity contribution is -0.140. The third-order valence-electron chi connectivity index (χ3n) is 2.50. The number of nitrogens with one attached hydrogen (secondary N) is 1. The highest BCUT2D eigenvalue weighted by Crippen LogP contribution is 2.19. The summed E-state index contributed by atoms with van der Waals surface area (Å²) in [5, 5.41) is 18.7. The van der Waals surface area contributed by atoms with Crippen molar-refractivity contribution in [1.82, 2.24) is 5.32 Å². The second kappa shape index (κ2) is 6.98. The van der Waals surface area contributed by atoms with Crippen LogP contribution in [0.3, 0.4) is 0 Å². The van der Waals surface area contributed by atoms with Crippen molar-refractivity contribution in [3.8, 4) is 0 Å². The lowest BCUT2D eigenvalue weighted by Crippen LogP contribution is -2.41. The number of carboxylic acids is 2. The van der Waals surface area contributed by atoms with Crippen LogP contribution in [0.1, 0.15) is 23.2 Å². The minimum Gasteiger partial charge on any atom is -0.481 e. The number of carbonyl (C=O) groups excluding carboxylic acids is 1. The first-order valence-corrected chi connectivity index (χ1v) is 6.00. The number of carbonyl (C=O) groups is 3. The van der Waals surface area contributed by atoms with Gasteiger partial charge in [0.15, 0.2) is 0 Å². The van der Waals surface area contributed by atoms with Crippen LogP contribution in [0.5, 0.6) is 0 Å². The average Bonchev–Trinajstić information content (AvgIpc) is 2.37. The smallest absolute Gasteiger partial charge is 0.326 e. The van der Waals surface area contributed by atoms with Crippen LogP contribution in [0.15, 0.2) is 12.1 Å². The third kappa shape index (κ3) is 4.67. The normalized spacial score (nSPS) is 11.8. The summed E-state index contributed by atoms with van der Waals surface area (Å²) in [7, 11) is 0. The van der Waals surface area contributed by atoms with Gasteiger partial charge in [0.1, 0.15) is 17.7 Å². The molecule has 0 unspecified atom stereocenters. The van der Waals surface area contributed by atoms with Crippen molar-refractivity contribution in [2.24, 2.45) is 0 Å². The molecule has 0 heterocycles. The number of carboxylic acid groups (broad SMARTS) is 2. The first-order valence-electron chi connectivity index (χ1n) is 5.62. The first-order chi connectivity index (χ1) is 9.72. The molecule has 0 saturated heterocycles. The number of amides is 1. The number of hydrogen-bond donors (Lipinski definition) is 3. The Bertz CT molecular complexity index is 593.